The lowest BCUT2D eigenvalue weighted by Crippen LogP contribution is -2.25. The van der Waals surface area contributed by atoms with Gasteiger partial charge in [0.15, 0.2) is 0 Å². The molecule has 1 unspecified atom stereocenters. The Balaban J connectivity index is 2.27. The van der Waals surface area contributed by atoms with Crippen molar-refractivity contribution in [3.05, 3.63) is 44.8 Å². The van der Waals surface area contributed by atoms with Crippen molar-refractivity contribution in [1.82, 2.24) is 5.32 Å². The minimum atomic E-state index is -0.149. The SMILES string of the molecule is CCCNC(/C1=C/CCCCCC1)c1ccc(F)cc1I. The Hall–Kier alpha value is -0.420. The highest BCUT2D eigenvalue weighted by atomic mass is 127. The fourth-order valence-corrected chi connectivity index (χ4v) is 3.73. The van der Waals surface area contributed by atoms with Gasteiger partial charge in [0.25, 0.3) is 0 Å². The molecule has 1 N–H and O–H groups in total. The molecular formula is C18H25FIN. The van der Waals surface area contributed by atoms with Crippen molar-refractivity contribution < 1.29 is 4.39 Å². The third kappa shape index (κ3) is 5.06. The van der Waals surface area contributed by atoms with E-state index in [0.717, 1.165) is 23.0 Å². The second-order valence-corrected chi connectivity index (χ2v) is 6.95. The molecule has 3 heteroatoms. The number of nitrogens with one attached hydrogen (secondary N) is 1. The maximum Gasteiger partial charge on any atom is 0.124 e. The zero-order valence-electron chi connectivity index (χ0n) is 12.8. The fraction of sp³-hybridized carbons (Fsp3) is 0.556. The number of hydrogen-bond acceptors (Lipinski definition) is 1. The minimum absolute atomic E-state index is 0.149. The molecule has 0 bridgehead atoms. The van der Waals surface area contributed by atoms with E-state index < -0.39 is 0 Å². The van der Waals surface area contributed by atoms with Crippen molar-refractivity contribution in [3.63, 3.8) is 0 Å². The normalized spacial score (nSPS) is 20.2. The maximum absolute atomic E-state index is 13.4. The fourth-order valence-electron chi connectivity index (χ4n) is 2.94. The van der Waals surface area contributed by atoms with Crippen LogP contribution in [0, 0.1) is 9.39 Å². The summed E-state index contributed by atoms with van der Waals surface area (Å²) in [6.45, 7) is 3.18. The number of allylic oxidation sites excluding steroid dienone is 1. The van der Waals surface area contributed by atoms with Crippen LogP contribution in [-0.2, 0) is 0 Å². The van der Waals surface area contributed by atoms with Gasteiger partial charge in [0.2, 0.25) is 0 Å². The summed E-state index contributed by atoms with van der Waals surface area (Å²) in [6, 6.07) is 5.42. The molecule has 2 rings (SSSR count). The monoisotopic (exact) mass is 401 g/mol. The quantitative estimate of drug-likeness (QED) is 0.489. The first-order valence-corrected chi connectivity index (χ1v) is 9.17. The molecule has 0 radical (unpaired) electrons. The summed E-state index contributed by atoms with van der Waals surface area (Å²) in [5.74, 6) is -0.149. The smallest absolute Gasteiger partial charge is 0.124 e. The zero-order chi connectivity index (χ0) is 15.1. The van der Waals surface area contributed by atoms with Gasteiger partial charge in [-0.1, -0.05) is 37.5 Å². The van der Waals surface area contributed by atoms with Gasteiger partial charge in [0.1, 0.15) is 5.82 Å². The first-order valence-electron chi connectivity index (χ1n) is 8.09. The Labute approximate surface area is 141 Å². The van der Waals surface area contributed by atoms with Gasteiger partial charge in [0, 0.05) is 3.57 Å². The third-order valence-electron chi connectivity index (χ3n) is 4.07. The van der Waals surface area contributed by atoms with Gasteiger partial charge in [-0.05, 0) is 78.9 Å². The number of rotatable bonds is 5. The van der Waals surface area contributed by atoms with Gasteiger partial charge in [-0.25, -0.2) is 4.39 Å². The minimum Gasteiger partial charge on any atom is -0.307 e. The molecule has 0 amide bonds. The first-order chi connectivity index (χ1) is 10.2. The molecule has 0 aliphatic heterocycles. The van der Waals surface area contributed by atoms with E-state index in [-0.39, 0.29) is 11.9 Å². The van der Waals surface area contributed by atoms with E-state index in [1.165, 1.54) is 43.2 Å². The van der Waals surface area contributed by atoms with Crippen LogP contribution < -0.4 is 5.32 Å². The molecule has 21 heavy (non-hydrogen) atoms. The molecule has 0 saturated heterocycles. The van der Waals surface area contributed by atoms with E-state index in [1.54, 1.807) is 12.1 Å². The Kier molecular flexibility index (Phi) is 7.17. The largest absolute Gasteiger partial charge is 0.307 e. The molecule has 0 saturated carbocycles. The first kappa shape index (κ1) is 16.9. The molecule has 1 aromatic carbocycles. The van der Waals surface area contributed by atoms with Gasteiger partial charge in [-0.15, -0.1) is 0 Å². The van der Waals surface area contributed by atoms with Gasteiger partial charge < -0.3 is 5.32 Å². The summed E-state index contributed by atoms with van der Waals surface area (Å²) in [6.07, 6.45) is 11.1. The number of halogens is 2. The van der Waals surface area contributed by atoms with Crippen molar-refractivity contribution in [2.24, 2.45) is 0 Å². The van der Waals surface area contributed by atoms with Crippen LogP contribution in [0.25, 0.3) is 0 Å². The molecule has 1 atom stereocenters. The second-order valence-electron chi connectivity index (χ2n) is 5.78. The molecular weight excluding hydrogens is 376 g/mol. The second kappa shape index (κ2) is 8.89. The van der Waals surface area contributed by atoms with Crippen LogP contribution in [0.1, 0.15) is 63.5 Å². The lowest BCUT2D eigenvalue weighted by Gasteiger charge is -2.25. The summed E-state index contributed by atoms with van der Waals surface area (Å²) < 4.78 is 14.4. The van der Waals surface area contributed by atoms with Crippen LogP contribution in [0.5, 0.6) is 0 Å². The lowest BCUT2D eigenvalue weighted by atomic mass is 9.91. The van der Waals surface area contributed by atoms with Gasteiger partial charge in [0.05, 0.1) is 6.04 Å². The van der Waals surface area contributed by atoms with E-state index >= 15 is 0 Å². The number of hydrogen-bond donors (Lipinski definition) is 1. The van der Waals surface area contributed by atoms with E-state index in [0.29, 0.717) is 0 Å². The third-order valence-corrected chi connectivity index (χ3v) is 5.00. The van der Waals surface area contributed by atoms with Gasteiger partial charge in [-0.3, -0.25) is 0 Å². The molecule has 0 heterocycles. The van der Waals surface area contributed by atoms with Crippen LogP contribution in [0.3, 0.4) is 0 Å². The molecule has 116 valence electrons. The topological polar surface area (TPSA) is 12.0 Å². The van der Waals surface area contributed by atoms with Crippen LogP contribution >= 0.6 is 22.6 Å². The Bertz CT molecular complexity index is 484. The van der Waals surface area contributed by atoms with Crippen LogP contribution in [0.4, 0.5) is 4.39 Å². The average Bonchev–Trinajstić information content (AvgIpc) is 2.42. The van der Waals surface area contributed by atoms with Gasteiger partial charge >= 0.3 is 0 Å². The molecule has 0 aromatic heterocycles. The lowest BCUT2D eigenvalue weighted by molar-refractivity contribution is 0.538. The van der Waals surface area contributed by atoms with E-state index in [1.807, 2.05) is 6.07 Å². The summed E-state index contributed by atoms with van der Waals surface area (Å²) in [5.41, 5.74) is 2.71. The highest BCUT2D eigenvalue weighted by Gasteiger charge is 2.19. The van der Waals surface area contributed by atoms with Crippen LogP contribution in [0.15, 0.2) is 29.8 Å². The number of benzene rings is 1. The Morgan fingerprint density at radius 3 is 2.81 bits per heavy atom. The maximum atomic E-state index is 13.4. The molecule has 1 nitrogen and oxygen atoms in total. The Morgan fingerprint density at radius 1 is 1.24 bits per heavy atom. The van der Waals surface area contributed by atoms with Crippen molar-refractivity contribution in [2.75, 3.05) is 6.54 Å². The average molecular weight is 401 g/mol. The van der Waals surface area contributed by atoms with Crippen molar-refractivity contribution in [3.8, 4) is 0 Å². The summed E-state index contributed by atoms with van der Waals surface area (Å²) in [4.78, 5) is 0. The van der Waals surface area contributed by atoms with Crippen LogP contribution in [-0.4, -0.2) is 6.54 Å². The molecule has 1 aliphatic carbocycles. The van der Waals surface area contributed by atoms with Crippen LogP contribution in [0.2, 0.25) is 0 Å². The van der Waals surface area contributed by atoms with Gasteiger partial charge in [-0.2, -0.15) is 0 Å². The summed E-state index contributed by atoms with van der Waals surface area (Å²) in [7, 11) is 0. The molecule has 0 fully saturated rings. The predicted octanol–water partition coefficient (Wildman–Crippen LogP) is 5.75. The molecule has 1 aliphatic rings. The van der Waals surface area contributed by atoms with E-state index in [4.69, 9.17) is 0 Å². The molecule has 0 spiro atoms. The van der Waals surface area contributed by atoms with E-state index in [2.05, 4.69) is 40.9 Å². The zero-order valence-corrected chi connectivity index (χ0v) is 15.0. The highest BCUT2D eigenvalue weighted by molar-refractivity contribution is 14.1. The summed E-state index contributed by atoms with van der Waals surface area (Å²) >= 11 is 2.26. The highest BCUT2D eigenvalue weighted by Crippen LogP contribution is 2.31. The van der Waals surface area contributed by atoms with Crippen molar-refractivity contribution in [1.29, 1.82) is 0 Å². The summed E-state index contributed by atoms with van der Waals surface area (Å²) in [5, 5.41) is 3.67. The predicted molar refractivity (Wildman–Crippen MR) is 95.9 cm³/mol. The molecule has 1 aromatic rings. The Morgan fingerprint density at radius 2 is 2.05 bits per heavy atom. The van der Waals surface area contributed by atoms with E-state index in [9.17, 15) is 4.39 Å². The standard InChI is InChI=1S/C18H25FIN/c1-2-12-21-18(14-8-6-4-3-5-7-9-14)16-11-10-15(19)13-17(16)20/h8,10-11,13,18,21H,2-7,9,12H2,1H3/b14-8+. The van der Waals surface area contributed by atoms with Crippen molar-refractivity contribution >= 4 is 22.6 Å². The van der Waals surface area contributed by atoms with Crippen molar-refractivity contribution in [2.45, 2.75) is 57.9 Å².